The van der Waals surface area contributed by atoms with E-state index in [0.29, 0.717) is 0 Å². The van der Waals surface area contributed by atoms with Gasteiger partial charge in [0.05, 0.1) is 39.5 Å². The number of nitrogens with zero attached hydrogens (tertiary/aromatic N) is 10. The second-order valence-electron chi connectivity index (χ2n) is 16.6. The summed E-state index contributed by atoms with van der Waals surface area (Å²) in [6.07, 6.45) is -16.7. The van der Waals surface area contributed by atoms with Crippen LogP contribution in [0.4, 0.5) is 22.1 Å². The lowest BCUT2D eigenvalue weighted by Crippen LogP contribution is -2.45. The van der Waals surface area contributed by atoms with Crippen molar-refractivity contribution >= 4 is 82.5 Å². The number of aliphatic hydroxyl groups excluding tert-OH is 3. The molecule has 6 aromatic heterocycles. The van der Waals surface area contributed by atoms with Crippen molar-refractivity contribution in [2.45, 2.75) is 73.7 Å². The minimum absolute atomic E-state index is 0.0627. The number of ether oxygens (including phenoxy) is 4. The first-order chi connectivity index (χ1) is 35.7. The molecule has 16 atom stereocenters. The molecular weight excluding hydrogens is 1120 g/mol. The van der Waals surface area contributed by atoms with E-state index in [1.54, 1.807) is 0 Å². The lowest BCUT2D eigenvalue weighted by atomic mass is 10.1. The Labute approximate surface area is 420 Å². The third kappa shape index (κ3) is 11.0. The van der Waals surface area contributed by atoms with Gasteiger partial charge in [0, 0.05) is 14.2 Å². The van der Waals surface area contributed by atoms with Crippen LogP contribution in [-0.2, 0) is 71.0 Å². The van der Waals surface area contributed by atoms with E-state index in [1.165, 1.54) is 35.9 Å². The maximum Gasteiger partial charge on any atom is 0.490 e. The van der Waals surface area contributed by atoms with Gasteiger partial charge in [-0.15, -0.1) is 0 Å². The molecule has 0 aromatic carbocycles. The standard InChI is InChI=1S/C33H44FN15O23P4/c1-37-23-15-24(39-7-38-23)47(8-40-15)31-22(63-3)21(70-73(55,56)64-5-12-18(50)20(52)30(68-12)48-9-41-16-25(48)42-32(35)44-27(16)53)13(69-31)6-66-75(59,60)72-76(61,62)71-74(57,58)65-4-11-14(34)19(51)29(67-11)49-10-46(2)17-26(49)43-33(36)45-28(17)54/h7-14,18-22,29-31,50-52H,4-6H2,1-3H3,(H10-,35,36,37,38,39,42,43,44,45,53,54,55,56,57,58,59,60,61,62)/p+1/t11-,12-,13-,14?,18+,19+,20?,21+,22?,29-,30-,31-/m1/s1. The fraction of sp³-hybridized carbons (Fsp3) is 0.545. The van der Waals surface area contributed by atoms with Crippen LogP contribution in [0.3, 0.4) is 0 Å². The number of phosphoric ester groups is 3. The van der Waals surface area contributed by atoms with Crippen LogP contribution in [0, 0.1) is 0 Å². The highest BCUT2D eigenvalue weighted by Crippen LogP contribution is 2.68. The average molecular weight is 1160 g/mol. The number of methoxy groups -OCH3 is 1. The van der Waals surface area contributed by atoms with Crippen LogP contribution in [0.5, 0.6) is 0 Å². The summed E-state index contributed by atoms with van der Waals surface area (Å²) in [4.78, 5) is 96.0. The first kappa shape index (κ1) is 55.6. The maximum atomic E-state index is 15.3. The third-order valence-corrected chi connectivity index (χ3v) is 17.0. The minimum atomic E-state index is -6.23. The number of alkyl halides is 1. The zero-order chi connectivity index (χ0) is 55.0. The number of anilines is 3. The molecule has 3 aliphatic rings. The molecule has 0 saturated carbocycles. The van der Waals surface area contributed by atoms with Crippen LogP contribution >= 0.6 is 31.3 Å². The van der Waals surface area contributed by atoms with Gasteiger partial charge in [0.25, 0.3) is 17.1 Å². The highest BCUT2D eigenvalue weighted by molar-refractivity contribution is 7.66. The van der Waals surface area contributed by atoms with Gasteiger partial charge in [-0.3, -0.25) is 51.4 Å². The number of phosphoric acid groups is 4. The molecule has 43 heteroatoms. The Morgan fingerprint density at radius 3 is 2.00 bits per heavy atom. The van der Waals surface area contributed by atoms with Gasteiger partial charge in [-0.25, -0.2) is 47.2 Å². The van der Waals surface area contributed by atoms with Crippen molar-refractivity contribution in [2.24, 2.45) is 7.05 Å². The monoisotopic (exact) mass is 1160 g/mol. The summed E-state index contributed by atoms with van der Waals surface area (Å²) >= 11 is 0. The topological polar surface area (TPSA) is 528 Å². The molecule has 9 rings (SSSR count). The average Bonchev–Trinajstić information content (AvgIpc) is 4.19. The zero-order valence-electron chi connectivity index (χ0n) is 38.8. The van der Waals surface area contributed by atoms with E-state index in [2.05, 4.69) is 58.3 Å². The maximum absolute atomic E-state index is 15.3. The quantitative estimate of drug-likeness (QED) is 0.0263. The molecule has 9 heterocycles. The van der Waals surface area contributed by atoms with E-state index in [4.69, 9.17) is 44.0 Å². The zero-order valence-corrected chi connectivity index (χ0v) is 42.4. The molecule has 76 heavy (non-hydrogen) atoms. The molecule has 0 amide bonds. The number of rotatable bonds is 20. The molecule has 0 aliphatic carbocycles. The molecule has 416 valence electrons. The predicted octanol–water partition coefficient (Wildman–Crippen LogP) is -3.27. The molecule has 6 aromatic rings. The summed E-state index contributed by atoms with van der Waals surface area (Å²) < 4.78 is 124. The van der Waals surface area contributed by atoms with Gasteiger partial charge in [0.2, 0.25) is 17.7 Å². The van der Waals surface area contributed by atoms with Crippen molar-refractivity contribution < 1.29 is 108 Å². The van der Waals surface area contributed by atoms with Gasteiger partial charge in [-0.2, -0.15) is 13.6 Å². The van der Waals surface area contributed by atoms with Crippen molar-refractivity contribution in [3.05, 3.63) is 46.0 Å². The second kappa shape index (κ2) is 20.9. The number of nitrogens with one attached hydrogen (secondary N) is 3. The Bertz CT molecular complexity index is 3490. The van der Waals surface area contributed by atoms with Crippen molar-refractivity contribution in [1.29, 1.82) is 0 Å². The molecule has 3 saturated heterocycles. The predicted molar refractivity (Wildman–Crippen MR) is 243 cm³/mol. The van der Waals surface area contributed by atoms with Crippen molar-refractivity contribution in [3.63, 3.8) is 0 Å². The van der Waals surface area contributed by atoms with Gasteiger partial charge < -0.3 is 70.6 Å². The van der Waals surface area contributed by atoms with Crippen LogP contribution < -0.4 is 32.5 Å². The van der Waals surface area contributed by atoms with E-state index < -0.39 is 136 Å². The van der Waals surface area contributed by atoms with Crippen molar-refractivity contribution in [2.75, 3.05) is 50.8 Å². The molecule has 38 nitrogen and oxygen atoms in total. The van der Waals surface area contributed by atoms with Gasteiger partial charge in [-0.05, 0) is 0 Å². The number of hydrogen-bond acceptors (Lipinski definition) is 28. The first-order valence-corrected chi connectivity index (χ1v) is 27.6. The van der Waals surface area contributed by atoms with Crippen LogP contribution in [0.1, 0.15) is 18.7 Å². The Morgan fingerprint density at radius 1 is 0.737 bits per heavy atom. The van der Waals surface area contributed by atoms with Gasteiger partial charge in [-0.1, -0.05) is 4.98 Å². The lowest BCUT2D eigenvalue weighted by Gasteiger charge is -2.26. The largest absolute Gasteiger partial charge is 0.490 e. The first-order valence-electron chi connectivity index (χ1n) is 21.6. The van der Waals surface area contributed by atoms with Crippen molar-refractivity contribution in [1.82, 2.24) is 53.6 Å². The molecule has 7 unspecified atom stereocenters. The number of fused-ring (bicyclic) bond motifs is 3. The SMILES string of the molecule is CNc1ncnc2c1ncn2[C@@H]1O[C@H](COP(=O)(O)OP(=O)(O)OP(=O)(O)OC[C@H]2O[C@@H]([n+]3cn(C)c4c(=O)[nH]c(N)nc43)[C@@H](O)C2F)[C@H](OP(=O)(O)OC[C@H]2O[C@@H](n3cnc4c(=O)[nH]c(N)nc43)C(O)[C@H]2O)C1OC. The Kier molecular flexibility index (Phi) is 15.3. The summed E-state index contributed by atoms with van der Waals surface area (Å²) in [6.45, 7) is -3.52. The summed E-state index contributed by atoms with van der Waals surface area (Å²) in [5.41, 5.74) is 9.55. The number of imidazole rings is 3. The number of hydrogen-bond donors (Lipinski definition) is 12. The van der Waals surface area contributed by atoms with Crippen molar-refractivity contribution in [3.8, 4) is 0 Å². The summed E-state index contributed by atoms with van der Waals surface area (Å²) in [6, 6.07) is 0. The van der Waals surface area contributed by atoms with Crippen LogP contribution in [0.2, 0.25) is 0 Å². The Morgan fingerprint density at radius 2 is 1.33 bits per heavy atom. The van der Waals surface area contributed by atoms with E-state index in [9.17, 15) is 62.7 Å². The van der Waals surface area contributed by atoms with Crippen LogP contribution in [-0.4, -0.2) is 177 Å². The molecule has 0 bridgehead atoms. The number of nitrogen functional groups attached to an aromatic ring is 2. The number of nitrogens with two attached hydrogens (primary N) is 2. The van der Waals surface area contributed by atoms with E-state index in [-0.39, 0.29) is 51.2 Å². The summed E-state index contributed by atoms with van der Waals surface area (Å²) in [5, 5.41) is 35.2. The number of aliphatic hydroxyl groups is 3. The van der Waals surface area contributed by atoms with E-state index in [1.807, 2.05) is 0 Å². The molecule has 14 N–H and O–H groups in total. The number of aromatic amines is 2. The number of aromatic nitrogens is 12. The fourth-order valence-electron chi connectivity index (χ4n) is 8.43. The molecule has 3 fully saturated rings. The highest BCUT2D eigenvalue weighted by Gasteiger charge is 2.54. The Hall–Kier alpha value is -5.18. The number of H-pyrrole nitrogens is 2. The smallest absolute Gasteiger partial charge is 0.387 e. The van der Waals surface area contributed by atoms with Gasteiger partial charge >= 0.3 is 36.9 Å². The molecule has 3 aliphatic heterocycles. The van der Waals surface area contributed by atoms with Gasteiger partial charge in [0.1, 0.15) is 60.7 Å². The fourth-order valence-corrected chi connectivity index (χ4v) is 12.9. The van der Waals surface area contributed by atoms with E-state index in [0.717, 1.165) is 28.9 Å². The summed E-state index contributed by atoms with van der Waals surface area (Å²) in [5.74, 6) is -0.413. The van der Waals surface area contributed by atoms with Crippen LogP contribution in [0.25, 0.3) is 33.5 Å². The third-order valence-electron chi connectivity index (χ3n) is 11.7. The second-order valence-corrected chi connectivity index (χ2v) is 22.7. The summed E-state index contributed by atoms with van der Waals surface area (Å²) in [7, 11) is -19.5. The number of aryl methyl sites for hydroxylation is 1. The van der Waals surface area contributed by atoms with Crippen LogP contribution in [0.15, 0.2) is 34.9 Å². The molecule has 0 radical (unpaired) electrons. The van der Waals surface area contributed by atoms with E-state index >= 15 is 4.39 Å². The Balaban J connectivity index is 0.868. The highest BCUT2D eigenvalue weighted by atomic mass is 31.3. The lowest BCUT2D eigenvalue weighted by molar-refractivity contribution is -0.745. The van der Waals surface area contributed by atoms with Gasteiger partial charge in [0.15, 0.2) is 47.6 Å². The number of halogens is 1. The normalized spacial score (nSPS) is 30.2. The minimum Gasteiger partial charge on any atom is -0.387 e. The molecule has 0 spiro atoms. The molecular formula is C33H45FN15O23P4+.